The molecule has 76 valence electrons. The predicted octanol–water partition coefficient (Wildman–Crippen LogP) is 2.35. The van der Waals surface area contributed by atoms with Crippen molar-refractivity contribution in [2.75, 3.05) is 19.5 Å². The van der Waals surface area contributed by atoms with Gasteiger partial charge < -0.3 is 14.8 Å². The molecule has 0 fully saturated rings. The first-order valence-electron chi connectivity index (χ1n) is 4.16. The average Bonchev–Trinajstić information content (AvgIpc) is 2.16. The number of aryl methyl sites for hydroxylation is 1. The largest absolute Gasteiger partial charge is 0.497 e. The Labute approximate surface area is 89.0 Å². The number of anilines is 1. The van der Waals surface area contributed by atoms with Gasteiger partial charge in [-0.1, -0.05) is 0 Å². The molecule has 0 atom stereocenters. The van der Waals surface area contributed by atoms with Crippen molar-refractivity contribution >= 4 is 23.1 Å². The van der Waals surface area contributed by atoms with Gasteiger partial charge in [0.25, 0.3) is 5.17 Å². The zero-order valence-corrected chi connectivity index (χ0v) is 9.27. The zero-order chi connectivity index (χ0) is 10.6. The Morgan fingerprint density at radius 3 is 2.57 bits per heavy atom. The van der Waals surface area contributed by atoms with Crippen molar-refractivity contribution in [3.05, 3.63) is 23.8 Å². The van der Waals surface area contributed by atoms with E-state index >= 15 is 0 Å². The standard InChI is InChI=1S/C10H13NO2S/c1-7-4-8(11-10(14)13-3)6-9(5-7)12-2/h4-6H,1-3H3,(H,11,14). The summed E-state index contributed by atoms with van der Waals surface area (Å²) in [5, 5.41) is 3.28. The third-order valence-electron chi connectivity index (χ3n) is 1.72. The highest BCUT2D eigenvalue weighted by atomic mass is 32.1. The quantitative estimate of drug-likeness (QED) is 0.761. The maximum absolute atomic E-state index is 5.13. The molecule has 0 amide bonds. The first-order chi connectivity index (χ1) is 6.65. The molecule has 0 spiro atoms. The Morgan fingerprint density at radius 1 is 1.29 bits per heavy atom. The first-order valence-corrected chi connectivity index (χ1v) is 4.57. The molecule has 1 aromatic carbocycles. The van der Waals surface area contributed by atoms with E-state index in [1.54, 1.807) is 7.11 Å². The molecule has 0 aliphatic carbocycles. The summed E-state index contributed by atoms with van der Waals surface area (Å²) in [5.41, 5.74) is 1.97. The summed E-state index contributed by atoms with van der Waals surface area (Å²) in [6.45, 7) is 1.99. The molecule has 0 saturated heterocycles. The lowest BCUT2D eigenvalue weighted by Gasteiger charge is -2.09. The fraction of sp³-hybridized carbons (Fsp3) is 0.300. The minimum Gasteiger partial charge on any atom is -0.497 e. The molecule has 0 bridgehead atoms. The van der Waals surface area contributed by atoms with E-state index in [-0.39, 0.29) is 0 Å². The van der Waals surface area contributed by atoms with Crippen LogP contribution in [-0.2, 0) is 4.74 Å². The van der Waals surface area contributed by atoms with Crippen LogP contribution >= 0.6 is 12.2 Å². The van der Waals surface area contributed by atoms with E-state index in [9.17, 15) is 0 Å². The van der Waals surface area contributed by atoms with Gasteiger partial charge in [0.05, 0.1) is 14.2 Å². The zero-order valence-electron chi connectivity index (χ0n) is 8.46. The minimum atomic E-state index is 0.345. The molecule has 0 aromatic heterocycles. The molecule has 14 heavy (non-hydrogen) atoms. The van der Waals surface area contributed by atoms with Gasteiger partial charge in [0.1, 0.15) is 5.75 Å². The molecule has 0 aliphatic heterocycles. The molecule has 0 heterocycles. The molecule has 0 radical (unpaired) electrons. The summed E-state index contributed by atoms with van der Waals surface area (Å²) < 4.78 is 9.97. The molecule has 0 saturated carbocycles. The smallest absolute Gasteiger partial charge is 0.260 e. The Balaban J connectivity index is 2.86. The maximum Gasteiger partial charge on any atom is 0.260 e. The summed E-state index contributed by atoms with van der Waals surface area (Å²) in [5.74, 6) is 0.798. The monoisotopic (exact) mass is 211 g/mol. The van der Waals surface area contributed by atoms with E-state index < -0.39 is 0 Å². The van der Waals surface area contributed by atoms with Gasteiger partial charge in [-0.05, 0) is 36.8 Å². The van der Waals surface area contributed by atoms with Crippen molar-refractivity contribution in [2.45, 2.75) is 6.92 Å². The van der Waals surface area contributed by atoms with Crippen LogP contribution in [0.3, 0.4) is 0 Å². The average molecular weight is 211 g/mol. The van der Waals surface area contributed by atoms with Gasteiger partial charge in [-0.3, -0.25) is 0 Å². The number of nitrogens with one attached hydrogen (secondary N) is 1. The van der Waals surface area contributed by atoms with E-state index in [1.807, 2.05) is 25.1 Å². The molecule has 4 heteroatoms. The lowest BCUT2D eigenvalue weighted by atomic mass is 10.2. The van der Waals surface area contributed by atoms with Crippen molar-refractivity contribution in [3.63, 3.8) is 0 Å². The van der Waals surface area contributed by atoms with Crippen molar-refractivity contribution in [3.8, 4) is 5.75 Å². The summed E-state index contributed by atoms with van der Waals surface area (Å²) in [7, 11) is 3.16. The van der Waals surface area contributed by atoms with Crippen molar-refractivity contribution < 1.29 is 9.47 Å². The Kier molecular flexibility index (Phi) is 3.71. The van der Waals surface area contributed by atoms with Gasteiger partial charge in [0.15, 0.2) is 0 Å². The van der Waals surface area contributed by atoms with Crippen LogP contribution < -0.4 is 10.1 Å². The summed E-state index contributed by atoms with van der Waals surface area (Å²) in [4.78, 5) is 0. The van der Waals surface area contributed by atoms with Crippen LogP contribution in [0.15, 0.2) is 18.2 Å². The van der Waals surface area contributed by atoms with Crippen LogP contribution in [-0.4, -0.2) is 19.4 Å². The fourth-order valence-electron chi connectivity index (χ4n) is 1.11. The first kappa shape index (κ1) is 10.8. The normalized spacial score (nSPS) is 9.36. The van der Waals surface area contributed by atoms with Gasteiger partial charge >= 0.3 is 0 Å². The topological polar surface area (TPSA) is 30.5 Å². The number of rotatable bonds is 2. The maximum atomic E-state index is 5.13. The van der Waals surface area contributed by atoms with Crippen LogP contribution in [0.4, 0.5) is 5.69 Å². The number of methoxy groups -OCH3 is 2. The number of hydrogen-bond donors (Lipinski definition) is 1. The third kappa shape index (κ3) is 2.88. The molecule has 1 N–H and O–H groups in total. The second kappa shape index (κ2) is 4.81. The Hall–Kier alpha value is -1.29. The molecule has 1 rings (SSSR count). The van der Waals surface area contributed by atoms with E-state index in [0.29, 0.717) is 5.17 Å². The van der Waals surface area contributed by atoms with Gasteiger partial charge in [0, 0.05) is 11.8 Å². The molecular weight excluding hydrogens is 198 g/mol. The Bertz CT molecular complexity index is 339. The van der Waals surface area contributed by atoms with Crippen molar-refractivity contribution in [2.24, 2.45) is 0 Å². The number of benzene rings is 1. The lowest BCUT2D eigenvalue weighted by molar-refractivity contribution is 0.412. The van der Waals surface area contributed by atoms with E-state index in [1.165, 1.54) is 7.11 Å². The van der Waals surface area contributed by atoms with Crippen LogP contribution in [0.2, 0.25) is 0 Å². The van der Waals surface area contributed by atoms with Gasteiger partial charge in [-0.15, -0.1) is 0 Å². The minimum absolute atomic E-state index is 0.345. The van der Waals surface area contributed by atoms with Crippen LogP contribution in [0.1, 0.15) is 5.56 Å². The molecular formula is C10H13NO2S. The predicted molar refractivity (Wildman–Crippen MR) is 61.0 cm³/mol. The van der Waals surface area contributed by atoms with Gasteiger partial charge in [-0.2, -0.15) is 0 Å². The summed E-state index contributed by atoms with van der Waals surface area (Å²) in [6, 6.07) is 5.77. The van der Waals surface area contributed by atoms with Gasteiger partial charge in [0.2, 0.25) is 0 Å². The third-order valence-corrected chi connectivity index (χ3v) is 1.99. The summed E-state index contributed by atoms with van der Waals surface area (Å²) in [6.07, 6.45) is 0. The Morgan fingerprint density at radius 2 is 2.00 bits per heavy atom. The molecule has 3 nitrogen and oxygen atoms in total. The van der Waals surface area contributed by atoms with Crippen molar-refractivity contribution in [1.82, 2.24) is 0 Å². The highest BCUT2D eigenvalue weighted by Crippen LogP contribution is 2.20. The molecule has 0 aliphatic rings. The van der Waals surface area contributed by atoms with Crippen LogP contribution in [0.25, 0.3) is 0 Å². The highest BCUT2D eigenvalue weighted by molar-refractivity contribution is 7.80. The van der Waals surface area contributed by atoms with Crippen molar-refractivity contribution in [1.29, 1.82) is 0 Å². The summed E-state index contributed by atoms with van der Waals surface area (Å²) >= 11 is 4.89. The lowest BCUT2D eigenvalue weighted by Crippen LogP contribution is -2.10. The second-order valence-electron chi connectivity index (χ2n) is 2.86. The highest BCUT2D eigenvalue weighted by Gasteiger charge is 2.00. The van der Waals surface area contributed by atoms with E-state index in [2.05, 4.69) is 5.32 Å². The molecule has 1 aromatic rings. The number of thiocarbonyl (C=S) groups is 1. The second-order valence-corrected chi connectivity index (χ2v) is 3.23. The van der Waals surface area contributed by atoms with Crippen LogP contribution in [0.5, 0.6) is 5.75 Å². The molecule has 0 unspecified atom stereocenters. The van der Waals surface area contributed by atoms with E-state index in [4.69, 9.17) is 21.7 Å². The fourth-order valence-corrected chi connectivity index (χ4v) is 1.22. The van der Waals surface area contributed by atoms with E-state index in [0.717, 1.165) is 17.0 Å². The van der Waals surface area contributed by atoms with Crippen LogP contribution in [0, 0.1) is 6.92 Å². The SMILES string of the molecule is COC(=S)Nc1cc(C)cc(OC)c1. The number of hydrogen-bond acceptors (Lipinski definition) is 3. The number of ether oxygens (including phenoxy) is 2. The van der Waals surface area contributed by atoms with Gasteiger partial charge in [-0.25, -0.2) is 0 Å².